The third-order valence-corrected chi connectivity index (χ3v) is 1.99. The largest absolute Gasteiger partial charge is 0.489 e. The van der Waals surface area contributed by atoms with Gasteiger partial charge in [-0.15, -0.1) is 10.2 Å². The highest BCUT2D eigenvalue weighted by molar-refractivity contribution is 5.63. The molecule has 0 radical (unpaired) electrons. The number of tetrazole rings is 1. The smallest absolute Gasteiger partial charge is 0.208 e. The van der Waals surface area contributed by atoms with Crippen LogP contribution in [0.25, 0.3) is 11.4 Å². The van der Waals surface area contributed by atoms with Crippen molar-refractivity contribution in [2.75, 3.05) is 6.61 Å². The van der Waals surface area contributed by atoms with Crippen molar-refractivity contribution in [3.63, 3.8) is 0 Å². The molecular formula is C11H12N4O. The Morgan fingerprint density at radius 3 is 2.94 bits per heavy atom. The highest BCUT2D eigenvalue weighted by Crippen LogP contribution is 2.26. The molecule has 2 aromatic rings. The number of ether oxygens (including phenoxy) is 1. The molecule has 0 saturated heterocycles. The summed E-state index contributed by atoms with van der Waals surface area (Å²) in [5.41, 5.74) is 0.831. The zero-order chi connectivity index (χ0) is 11.4. The first-order valence-corrected chi connectivity index (χ1v) is 4.88. The van der Waals surface area contributed by atoms with E-state index in [0.717, 1.165) is 11.3 Å². The predicted molar refractivity (Wildman–Crippen MR) is 59.9 cm³/mol. The number of para-hydroxylation sites is 1. The minimum absolute atomic E-state index is 0.456. The van der Waals surface area contributed by atoms with Crippen LogP contribution in [0.5, 0.6) is 5.75 Å². The molecule has 0 aliphatic heterocycles. The van der Waals surface area contributed by atoms with Gasteiger partial charge in [-0.1, -0.05) is 24.8 Å². The van der Waals surface area contributed by atoms with Gasteiger partial charge in [0.05, 0.1) is 12.6 Å². The average molecular weight is 216 g/mol. The molecule has 0 aliphatic carbocycles. The standard InChI is InChI=1S/C11H12N4O/c1-3-8-16-10-7-5-4-6-9(10)11-12-14-15(2)13-11/h3-7H,1,8H2,2H3. The molecule has 5 heteroatoms. The lowest BCUT2D eigenvalue weighted by molar-refractivity contribution is 0.364. The Kier molecular flexibility index (Phi) is 2.95. The number of benzene rings is 1. The molecular weight excluding hydrogens is 204 g/mol. The Hall–Kier alpha value is -2.17. The van der Waals surface area contributed by atoms with E-state index in [1.165, 1.54) is 4.80 Å². The zero-order valence-electron chi connectivity index (χ0n) is 9.00. The Bertz CT molecular complexity index is 492. The molecule has 5 nitrogen and oxygen atoms in total. The van der Waals surface area contributed by atoms with Crippen molar-refractivity contribution in [1.82, 2.24) is 20.2 Å². The van der Waals surface area contributed by atoms with E-state index < -0.39 is 0 Å². The van der Waals surface area contributed by atoms with Gasteiger partial charge in [0.25, 0.3) is 0 Å². The van der Waals surface area contributed by atoms with Gasteiger partial charge in [0.1, 0.15) is 12.4 Å². The lowest BCUT2D eigenvalue weighted by atomic mass is 10.2. The van der Waals surface area contributed by atoms with E-state index in [1.54, 1.807) is 13.1 Å². The molecule has 0 amide bonds. The molecule has 1 heterocycles. The minimum atomic E-state index is 0.456. The van der Waals surface area contributed by atoms with Crippen LogP contribution >= 0.6 is 0 Å². The summed E-state index contributed by atoms with van der Waals surface area (Å²) in [4.78, 5) is 1.42. The number of aryl methyl sites for hydroxylation is 1. The third kappa shape index (κ3) is 2.08. The van der Waals surface area contributed by atoms with E-state index in [4.69, 9.17) is 4.74 Å². The van der Waals surface area contributed by atoms with Crippen molar-refractivity contribution in [3.8, 4) is 17.1 Å². The summed E-state index contributed by atoms with van der Waals surface area (Å²) in [6.45, 7) is 4.07. The van der Waals surface area contributed by atoms with Crippen molar-refractivity contribution in [2.24, 2.45) is 7.05 Å². The second-order valence-electron chi connectivity index (χ2n) is 3.20. The second-order valence-corrected chi connectivity index (χ2v) is 3.20. The molecule has 2 rings (SSSR count). The van der Waals surface area contributed by atoms with Crippen LogP contribution < -0.4 is 4.74 Å². The van der Waals surface area contributed by atoms with E-state index >= 15 is 0 Å². The fraction of sp³-hybridized carbons (Fsp3) is 0.182. The zero-order valence-corrected chi connectivity index (χ0v) is 9.00. The Morgan fingerprint density at radius 2 is 2.25 bits per heavy atom. The van der Waals surface area contributed by atoms with E-state index in [9.17, 15) is 0 Å². The second kappa shape index (κ2) is 4.57. The van der Waals surface area contributed by atoms with Gasteiger partial charge in [-0.3, -0.25) is 0 Å². The van der Waals surface area contributed by atoms with Gasteiger partial charge in [0, 0.05) is 0 Å². The van der Waals surface area contributed by atoms with Gasteiger partial charge in [-0.05, 0) is 17.3 Å². The summed E-state index contributed by atoms with van der Waals surface area (Å²) < 4.78 is 5.51. The van der Waals surface area contributed by atoms with Gasteiger partial charge < -0.3 is 4.74 Å². The summed E-state index contributed by atoms with van der Waals surface area (Å²) in [7, 11) is 1.73. The molecule has 82 valence electrons. The summed E-state index contributed by atoms with van der Waals surface area (Å²) >= 11 is 0. The van der Waals surface area contributed by atoms with E-state index in [2.05, 4.69) is 22.0 Å². The lowest BCUT2D eigenvalue weighted by Crippen LogP contribution is -1.96. The highest BCUT2D eigenvalue weighted by Gasteiger charge is 2.09. The van der Waals surface area contributed by atoms with Crippen LogP contribution in [0.15, 0.2) is 36.9 Å². The van der Waals surface area contributed by atoms with Crippen molar-refractivity contribution < 1.29 is 4.74 Å². The first-order chi connectivity index (χ1) is 7.81. The van der Waals surface area contributed by atoms with Crippen LogP contribution in [0, 0.1) is 0 Å². The molecule has 0 aliphatic rings. The van der Waals surface area contributed by atoms with E-state index in [-0.39, 0.29) is 0 Å². The molecule has 0 N–H and O–H groups in total. The van der Waals surface area contributed by atoms with Crippen LogP contribution in [-0.2, 0) is 7.05 Å². The minimum Gasteiger partial charge on any atom is -0.489 e. The molecule has 1 aromatic heterocycles. The Morgan fingerprint density at radius 1 is 1.44 bits per heavy atom. The van der Waals surface area contributed by atoms with Crippen LogP contribution in [0.2, 0.25) is 0 Å². The maximum atomic E-state index is 5.51. The third-order valence-electron chi connectivity index (χ3n) is 1.99. The fourth-order valence-electron chi connectivity index (χ4n) is 1.32. The number of aromatic nitrogens is 4. The molecule has 0 bridgehead atoms. The average Bonchev–Trinajstić information content (AvgIpc) is 2.73. The summed E-state index contributed by atoms with van der Waals surface area (Å²) in [5, 5.41) is 11.9. The molecule has 0 saturated carbocycles. The van der Waals surface area contributed by atoms with Gasteiger partial charge in [-0.25, -0.2) is 0 Å². The van der Waals surface area contributed by atoms with Gasteiger partial charge in [-0.2, -0.15) is 4.80 Å². The molecule has 0 fully saturated rings. The van der Waals surface area contributed by atoms with Crippen molar-refractivity contribution in [1.29, 1.82) is 0 Å². The number of rotatable bonds is 4. The van der Waals surface area contributed by atoms with Crippen LogP contribution in [-0.4, -0.2) is 26.8 Å². The molecule has 0 atom stereocenters. The summed E-state index contributed by atoms with van der Waals surface area (Å²) in [5.74, 6) is 1.29. The topological polar surface area (TPSA) is 52.8 Å². The SMILES string of the molecule is C=CCOc1ccccc1-c1nnn(C)n1. The van der Waals surface area contributed by atoms with Crippen LogP contribution in [0.4, 0.5) is 0 Å². The Labute approximate surface area is 93.4 Å². The van der Waals surface area contributed by atoms with Crippen molar-refractivity contribution >= 4 is 0 Å². The first kappa shape index (κ1) is 10.4. The number of hydrogen-bond acceptors (Lipinski definition) is 4. The van der Waals surface area contributed by atoms with E-state index in [0.29, 0.717) is 12.4 Å². The van der Waals surface area contributed by atoms with Crippen LogP contribution in [0.1, 0.15) is 0 Å². The van der Waals surface area contributed by atoms with Crippen molar-refractivity contribution in [3.05, 3.63) is 36.9 Å². The maximum absolute atomic E-state index is 5.51. The van der Waals surface area contributed by atoms with Crippen molar-refractivity contribution in [2.45, 2.75) is 0 Å². The van der Waals surface area contributed by atoms with Gasteiger partial charge in [0.2, 0.25) is 5.82 Å². The predicted octanol–water partition coefficient (Wildman–Crippen LogP) is 1.44. The normalized spacial score (nSPS) is 10.1. The van der Waals surface area contributed by atoms with Crippen LogP contribution in [0.3, 0.4) is 0 Å². The maximum Gasteiger partial charge on any atom is 0.208 e. The van der Waals surface area contributed by atoms with E-state index in [1.807, 2.05) is 24.3 Å². The number of hydrogen-bond donors (Lipinski definition) is 0. The molecule has 0 unspecified atom stereocenters. The van der Waals surface area contributed by atoms with Gasteiger partial charge in [0.15, 0.2) is 0 Å². The monoisotopic (exact) mass is 216 g/mol. The molecule has 16 heavy (non-hydrogen) atoms. The highest BCUT2D eigenvalue weighted by atomic mass is 16.5. The molecule has 1 aromatic carbocycles. The Balaban J connectivity index is 2.35. The quantitative estimate of drug-likeness (QED) is 0.726. The number of nitrogens with zero attached hydrogens (tertiary/aromatic N) is 4. The van der Waals surface area contributed by atoms with Gasteiger partial charge >= 0.3 is 0 Å². The fourth-order valence-corrected chi connectivity index (χ4v) is 1.32. The first-order valence-electron chi connectivity index (χ1n) is 4.88. The molecule has 0 spiro atoms. The lowest BCUT2D eigenvalue weighted by Gasteiger charge is -2.06. The summed E-state index contributed by atoms with van der Waals surface area (Å²) in [6, 6.07) is 7.58. The summed E-state index contributed by atoms with van der Waals surface area (Å²) in [6.07, 6.45) is 1.70.